The summed E-state index contributed by atoms with van der Waals surface area (Å²) in [4.78, 5) is 4.77. The highest BCUT2D eigenvalue weighted by molar-refractivity contribution is 6.31. The zero-order chi connectivity index (χ0) is 31.5. The molecule has 0 radical (unpaired) electrons. The average molecular weight is 693 g/mol. The molecule has 4 aromatic carbocycles. The van der Waals surface area contributed by atoms with Crippen LogP contribution in [0.3, 0.4) is 0 Å². The van der Waals surface area contributed by atoms with E-state index in [4.69, 9.17) is 30.8 Å². The highest BCUT2D eigenvalue weighted by Crippen LogP contribution is 2.36. The molecule has 12 heteroatoms. The van der Waals surface area contributed by atoms with Crippen LogP contribution in [0.2, 0.25) is 5.02 Å². The summed E-state index contributed by atoms with van der Waals surface area (Å²) in [5.41, 5.74) is 5.20. The van der Waals surface area contributed by atoms with Gasteiger partial charge in [0.15, 0.2) is 17.3 Å². The standard InChI is InChI=1S/C19H20FNO3.C17H13ClN4.ClH.H2O/c20-15-3-1-13(2-4-15)17-7-8-21-10-14(17)11-22-16-5-6-18-19(9-16)24-12-23-18;1-11-20-21-16-10-19-17(12-5-3-2-4-6-12)14-9-13(18)7-8-15(14)22(11)16;;/h1-6,9,14,17,21H,7-8,10-12H2;2-9H,10H2,1H3;1H;1H2/t14-,17-;;;/m0.../s1. The largest absolute Gasteiger partial charge is 0.493 e. The Morgan fingerprint density at radius 3 is 2.56 bits per heavy atom. The van der Waals surface area contributed by atoms with Crippen LogP contribution in [-0.4, -0.2) is 52.4 Å². The first kappa shape index (κ1) is 34.8. The van der Waals surface area contributed by atoms with Gasteiger partial charge >= 0.3 is 0 Å². The zero-order valence-corrected chi connectivity index (χ0v) is 27.8. The molecule has 0 spiro atoms. The molecule has 1 fully saturated rings. The van der Waals surface area contributed by atoms with E-state index in [1.54, 1.807) is 0 Å². The predicted molar refractivity (Wildman–Crippen MR) is 186 cm³/mol. The summed E-state index contributed by atoms with van der Waals surface area (Å²) in [5.74, 6) is 4.48. The molecule has 9 nitrogen and oxygen atoms in total. The van der Waals surface area contributed by atoms with E-state index in [0.29, 0.717) is 30.0 Å². The lowest BCUT2D eigenvalue weighted by molar-refractivity contribution is 0.173. The van der Waals surface area contributed by atoms with Crippen LogP contribution in [0.15, 0.2) is 96.0 Å². The first-order chi connectivity index (χ1) is 22.5. The number of ether oxygens (including phenoxy) is 3. The van der Waals surface area contributed by atoms with Crippen LogP contribution in [-0.2, 0) is 6.54 Å². The summed E-state index contributed by atoms with van der Waals surface area (Å²) in [6.07, 6.45) is 1.03. The number of aryl methyl sites for hydroxylation is 1. The van der Waals surface area contributed by atoms with Gasteiger partial charge in [-0.2, -0.15) is 0 Å². The van der Waals surface area contributed by atoms with Crippen LogP contribution >= 0.6 is 24.0 Å². The second-order valence-electron chi connectivity index (χ2n) is 11.4. The maximum absolute atomic E-state index is 13.2. The van der Waals surface area contributed by atoms with E-state index in [2.05, 4.69) is 27.6 Å². The smallest absolute Gasteiger partial charge is 0.231 e. The van der Waals surface area contributed by atoms with E-state index >= 15 is 0 Å². The molecule has 0 bridgehead atoms. The number of hydrogen-bond acceptors (Lipinski definition) is 7. The number of aliphatic imine (C=N–C) groups is 1. The van der Waals surface area contributed by atoms with E-state index < -0.39 is 0 Å². The maximum atomic E-state index is 13.2. The van der Waals surface area contributed by atoms with Crippen LogP contribution in [0.1, 0.15) is 40.7 Å². The molecule has 0 aliphatic carbocycles. The Bertz CT molecular complexity index is 1870. The van der Waals surface area contributed by atoms with Gasteiger partial charge in [0.05, 0.1) is 18.0 Å². The molecule has 250 valence electrons. The van der Waals surface area contributed by atoms with Crippen LogP contribution in [0.25, 0.3) is 5.69 Å². The van der Waals surface area contributed by atoms with E-state index in [1.807, 2.05) is 78.2 Å². The van der Waals surface area contributed by atoms with Crippen molar-refractivity contribution in [3.8, 4) is 22.9 Å². The third-order valence-electron chi connectivity index (χ3n) is 8.49. The number of aromatic nitrogens is 3. The van der Waals surface area contributed by atoms with Crippen molar-refractivity contribution in [2.45, 2.75) is 25.8 Å². The molecule has 0 unspecified atom stereocenters. The monoisotopic (exact) mass is 691 g/mol. The normalized spacial score (nSPS) is 17.2. The number of fused-ring (bicyclic) bond motifs is 4. The number of nitrogens with one attached hydrogen (secondary N) is 1. The first-order valence-corrected chi connectivity index (χ1v) is 15.7. The van der Waals surface area contributed by atoms with Gasteiger partial charge in [-0.3, -0.25) is 9.56 Å². The van der Waals surface area contributed by atoms with E-state index in [-0.39, 0.29) is 30.5 Å². The number of hydrogen-bond donors (Lipinski definition) is 1. The zero-order valence-electron chi connectivity index (χ0n) is 26.2. The molecule has 2 atom stereocenters. The molecule has 8 rings (SSSR count). The van der Waals surface area contributed by atoms with Crippen molar-refractivity contribution in [2.75, 3.05) is 26.5 Å². The molecular weight excluding hydrogens is 656 g/mol. The average Bonchev–Trinajstić information content (AvgIpc) is 3.67. The van der Waals surface area contributed by atoms with E-state index in [1.165, 1.54) is 17.7 Å². The summed E-state index contributed by atoms with van der Waals surface area (Å²) in [6.45, 7) is 5.18. The molecule has 0 amide bonds. The molecular formula is C36H36Cl2FN5O4. The van der Waals surface area contributed by atoms with Gasteiger partial charge in [-0.25, -0.2) is 4.39 Å². The highest BCUT2D eigenvalue weighted by atomic mass is 35.5. The third kappa shape index (κ3) is 7.47. The van der Waals surface area contributed by atoms with Crippen LogP contribution in [0, 0.1) is 18.7 Å². The molecule has 48 heavy (non-hydrogen) atoms. The fourth-order valence-electron chi connectivity index (χ4n) is 6.21. The number of piperidine rings is 1. The number of benzene rings is 4. The second kappa shape index (κ2) is 15.6. The van der Waals surface area contributed by atoms with Crippen molar-refractivity contribution in [3.63, 3.8) is 0 Å². The molecule has 1 saturated heterocycles. The highest BCUT2D eigenvalue weighted by Gasteiger charge is 2.27. The Morgan fingerprint density at radius 1 is 0.958 bits per heavy atom. The molecule has 4 heterocycles. The molecule has 3 N–H and O–H groups in total. The summed E-state index contributed by atoms with van der Waals surface area (Å²) >= 11 is 6.23. The quantitative estimate of drug-likeness (QED) is 0.225. The van der Waals surface area contributed by atoms with Gasteiger partial charge in [0.25, 0.3) is 0 Å². The summed E-state index contributed by atoms with van der Waals surface area (Å²) in [6, 6.07) is 28.5. The lowest BCUT2D eigenvalue weighted by atomic mass is 9.81. The van der Waals surface area contributed by atoms with Gasteiger partial charge in [0.1, 0.15) is 23.9 Å². The Morgan fingerprint density at radius 2 is 1.75 bits per heavy atom. The number of rotatable bonds is 5. The van der Waals surface area contributed by atoms with Crippen molar-refractivity contribution < 1.29 is 24.1 Å². The van der Waals surface area contributed by atoms with Gasteiger partial charge in [-0.05, 0) is 73.8 Å². The minimum absolute atomic E-state index is 0. The SMILES string of the molecule is Cc1nnc2n1-c1ccc(Cl)cc1C(c1ccccc1)=NC2.Cl.Fc1ccc([C@@H]2CCNC[C@H]2COc2ccc3c(c2)OCO3)cc1.O. The third-order valence-corrected chi connectivity index (χ3v) is 8.72. The van der Waals surface area contributed by atoms with Crippen LogP contribution < -0.4 is 19.5 Å². The predicted octanol–water partition coefficient (Wildman–Crippen LogP) is 6.50. The summed E-state index contributed by atoms with van der Waals surface area (Å²) in [5, 5.41) is 12.5. The van der Waals surface area contributed by atoms with Crippen LogP contribution in [0.4, 0.5) is 4.39 Å². The number of halogens is 3. The Labute approximate surface area is 289 Å². The van der Waals surface area contributed by atoms with Crippen molar-refractivity contribution >= 4 is 29.7 Å². The van der Waals surface area contributed by atoms with Gasteiger partial charge in [-0.15, -0.1) is 22.6 Å². The van der Waals surface area contributed by atoms with Gasteiger partial charge in [0.2, 0.25) is 6.79 Å². The van der Waals surface area contributed by atoms with Crippen molar-refractivity contribution in [3.05, 3.63) is 130 Å². The maximum Gasteiger partial charge on any atom is 0.231 e. The molecule has 3 aliphatic heterocycles. The fraction of sp³-hybridized carbons (Fsp3) is 0.250. The number of nitrogens with zero attached hydrogens (tertiary/aromatic N) is 4. The first-order valence-electron chi connectivity index (χ1n) is 15.3. The van der Waals surface area contributed by atoms with Gasteiger partial charge in [-0.1, -0.05) is 54.1 Å². The minimum atomic E-state index is -0.194. The molecule has 5 aromatic rings. The molecule has 0 saturated carbocycles. The van der Waals surface area contributed by atoms with Crippen LogP contribution in [0.5, 0.6) is 17.2 Å². The van der Waals surface area contributed by atoms with Crippen molar-refractivity contribution in [1.29, 1.82) is 0 Å². The molecule has 1 aromatic heterocycles. The molecule has 3 aliphatic rings. The minimum Gasteiger partial charge on any atom is -0.493 e. The van der Waals surface area contributed by atoms with Gasteiger partial charge < -0.3 is 25.0 Å². The summed E-state index contributed by atoms with van der Waals surface area (Å²) < 4.78 is 31.9. The topological polar surface area (TPSA) is 114 Å². The van der Waals surface area contributed by atoms with Crippen molar-refractivity contribution in [1.82, 2.24) is 20.1 Å². The lowest BCUT2D eigenvalue weighted by Crippen LogP contribution is -2.38. The van der Waals surface area contributed by atoms with Gasteiger partial charge in [0, 0.05) is 34.7 Å². The lowest BCUT2D eigenvalue weighted by Gasteiger charge is -2.32. The summed E-state index contributed by atoms with van der Waals surface area (Å²) in [7, 11) is 0. The Hall–Kier alpha value is -4.48. The van der Waals surface area contributed by atoms with E-state index in [0.717, 1.165) is 70.9 Å². The Balaban J connectivity index is 0.000000181. The second-order valence-corrected chi connectivity index (χ2v) is 11.9. The fourth-order valence-corrected chi connectivity index (χ4v) is 6.38. The van der Waals surface area contributed by atoms with Crippen molar-refractivity contribution in [2.24, 2.45) is 10.9 Å². The van der Waals surface area contributed by atoms with E-state index in [9.17, 15) is 4.39 Å². The Kier molecular flexibility index (Phi) is 11.3.